The van der Waals surface area contributed by atoms with E-state index < -0.39 is 0 Å². The number of nitrogens with zero attached hydrogens (tertiary/aromatic N) is 1. The van der Waals surface area contributed by atoms with Crippen molar-refractivity contribution < 1.29 is 10.3 Å². The highest BCUT2D eigenvalue weighted by atomic mass is 35.5. The number of phenolic OH excluding ortho intramolecular Hbond substituents is 1. The van der Waals surface area contributed by atoms with Crippen LogP contribution in [0.15, 0.2) is 71.9 Å². The molecule has 3 N–H and O–H groups in total. The second-order valence-electron chi connectivity index (χ2n) is 5.60. The van der Waals surface area contributed by atoms with E-state index in [0.717, 1.165) is 16.8 Å². The van der Waals surface area contributed by atoms with Crippen LogP contribution in [-0.4, -0.2) is 16.0 Å². The molecule has 0 heterocycles. The first-order valence-corrected chi connectivity index (χ1v) is 8.11. The van der Waals surface area contributed by atoms with Gasteiger partial charge in [-0.15, -0.1) is 0 Å². The van der Waals surface area contributed by atoms with E-state index >= 15 is 0 Å². The van der Waals surface area contributed by atoms with Gasteiger partial charge in [0.2, 0.25) is 0 Å². The second-order valence-corrected chi connectivity index (χ2v) is 6.01. The lowest BCUT2D eigenvalue weighted by Crippen LogP contribution is -2.06. The van der Waals surface area contributed by atoms with E-state index in [1.165, 1.54) is 0 Å². The van der Waals surface area contributed by atoms with Crippen LogP contribution in [0.1, 0.15) is 16.7 Å². The molecular weight excluding hydrogens is 336 g/mol. The van der Waals surface area contributed by atoms with Gasteiger partial charge in [0.1, 0.15) is 11.5 Å². The molecule has 0 saturated carbocycles. The van der Waals surface area contributed by atoms with Gasteiger partial charge in [-0.2, -0.15) is 0 Å². The number of rotatable bonds is 4. The smallest absolute Gasteiger partial charge is 0.139 e. The van der Waals surface area contributed by atoms with Crippen LogP contribution in [-0.2, 0) is 0 Å². The summed E-state index contributed by atoms with van der Waals surface area (Å²) in [5, 5.41) is 26.4. The average molecular weight is 353 g/mol. The van der Waals surface area contributed by atoms with Crippen molar-refractivity contribution in [3.63, 3.8) is 0 Å². The number of anilines is 2. The molecule has 5 heteroatoms. The summed E-state index contributed by atoms with van der Waals surface area (Å²) in [6.07, 6.45) is 0. The van der Waals surface area contributed by atoms with E-state index in [1.807, 2.05) is 43.3 Å². The van der Waals surface area contributed by atoms with Crippen molar-refractivity contribution in [1.29, 1.82) is 0 Å². The van der Waals surface area contributed by atoms with E-state index in [4.69, 9.17) is 11.6 Å². The van der Waals surface area contributed by atoms with Crippen LogP contribution in [0.4, 0.5) is 11.4 Å². The second kappa shape index (κ2) is 7.28. The van der Waals surface area contributed by atoms with Crippen LogP contribution >= 0.6 is 11.6 Å². The third-order valence-electron chi connectivity index (χ3n) is 3.91. The summed E-state index contributed by atoms with van der Waals surface area (Å²) in [5.41, 5.74) is 4.15. The molecule has 3 rings (SSSR count). The van der Waals surface area contributed by atoms with Crippen molar-refractivity contribution in [2.24, 2.45) is 5.16 Å². The highest BCUT2D eigenvalue weighted by molar-refractivity contribution is 6.35. The van der Waals surface area contributed by atoms with Gasteiger partial charge in [-0.25, -0.2) is 0 Å². The number of halogens is 1. The lowest BCUT2D eigenvalue weighted by Gasteiger charge is -2.13. The number of hydrogen-bond acceptors (Lipinski definition) is 4. The maximum atomic E-state index is 9.85. The van der Waals surface area contributed by atoms with E-state index in [0.29, 0.717) is 22.0 Å². The molecule has 0 radical (unpaired) electrons. The molecule has 0 atom stereocenters. The summed E-state index contributed by atoms with van der Waals surface area (Å²) >= 11 is 6.42. The zero-order valence-electron chi connectivity index (χ0n) is 13.6. The molecule has 126 valence electrons. The summed E-state index contributed by atoms with van der Waals surface area (Å²) in [6, 6.07) is 19.9. The summed E-state index contributed by atoms with van der Waals surface area (Å²) in [6.45, 7) is 1.95. The maximum absolute atomic E-state index is 9.85. The van der Waals surface area contributed by atoms with Gasteiger partial charge >= 0.3 is 0 Å². The number of para-hydroxylation sites is 2. The van der Waals surface area contributed by atoms with Crippen molar-refractivity contribution in [3.05, 3.63) is 88.4 Å². The number of aromatic hydroxyl groups is 1. The Morgan fingerprint density at radius 1 is 0.960 bits per heavy atom. The summed E-state index contributed by atoms with van der Waals surface area (Å²) in [7, 11) is 0. The molecule has 0 spiro atoms. The predicted octanol–water partition coefficient (Wildman–Crippen LogP) is 5.32. The fourth-order valence-corrected chi connectivity index (χ4v) is 2.88. The highest BCUT2D eigenvalue weighted by Crippen LogP contribution is 2.30. The molecular formula is C20H17ClN2O2. The molecule has 3 aromatic carbocycles. The largest absolute Gasteiger partial charge is 0.506 e. The van der Waals surface area contributed by atoms with Crippen LogP contribution in [0, 0.1) is 6.92 Å². The average Bonchev–Trinajstić information content (AvgIpc) is 2.61. The minimum atomic E-state index is 0.153. The van der Waals surface area contributed by atoms with Crippen molar-refractivity contribution in [1.82, 2.24) is 0 Å². The number of hydrogen-bond donors (Lipinski definition) is 3. The molecule has 0 fully saturated rings. The first kappa shape index (κ1) is 16.9. The van der Waals surface area contributed by atoms with Crippen molar-refractivity contribution in [2.45, 2.75) is 6.92 Å². The van der Waals surface area contributed by atoms with Crippen LogP contribution < -0.4 is 5.32 Å². The minimum absolute atomic E-state index is 0.153. The molecule has 0 aliphatic heterocycles. The Morgan fingerprint density at radius 2 is 1.68 bits per heavy atom. The summed E-state index contributed by atoms with van der Waals surface area (Å²) in [4.78, 5) is 0. The van der Waals surface area contributed by atoms with Crippen molar-refractivity contribution >= 4 is 28.7 Å². The van der Waals surface area contributed by atoms with E-state index in [2.05, 4.69) is 10.5 Å². The normalized spacial score (nSPS) is 11.4. The van der Waals surface area contributed by atoms with Gasteiger partial charge in [-0.05, 0) is 42.8 Å². The van der Waals surface area contributed by atoms with Gasteiger partial charge in [0, 0.05) is 16.8 Å². The fourth-order valence-electron chi connectivity index (χ4n) is 2.61. The van der Waals surface area contributed by atoms with E-state index in [-0.39, 0.29) is 5.75 Å². The lowest BCUT2D eigenvalue weighted by molar-refractivity contribution is 0.319. The van der Waals surface area contributed by atoms with Crippen LogP contribution in [0.5, 0.6) is 5.75 Å². The first-order chi connectivity index (χ1) is 12.1. The minimum Gasteiger partial charge on any atom is -0.506 e. The van der Waals surface area contributed by atoms with Gasteiger partial charge in [-0.3, -0.25) is 0 Å². The van der Waals surface area contributed by atoms with Gasteiger partial charge in [0.15, 0.2) is 0 Å². The zero-order chi connectivity index (χ0) is 17.8. The molecule has 25 heavy (non-hydrogen) atoms. The number of oxime groups is 1. The Morgan fingerprint density at radius 3 is 2.36 bits per heavy atom. The van der Waals surface area contributed by atoms with Crippen molar-refractivity contribution in [3.8, 4) is 5.75 Å². The van der Waals surface area contributed by atoms with E-state index in [9.17, 15) is 10.3 Å². The molecule has 0 unspecified atom stereocenters. The Balaban J connectivity index is 1.94. The molecule has 0 saturated heterocycles. The molecule has 3 aromatic rings. The summed E-state index contributed by atoms with van der Waals surface area (Å²) in [5.74, 6) is 0.153. The third-order valence-corrected chi connectivity index (χ3v) is 4.22. The van der Waals surface area contributed by atoms with Gasteiger partial charge in [0.05, 0.1) is 10.7 Å². The molecule has 0 bridgehead atoms. The first-order valence-electron chi connectivity index (χ1n) is 7.73. The number of nitrogens with one attached hydrogen (secondary N) is 1. The van der Waals surface area contributed by atoms with Crippen LogP contribution in [0.2, 0.25) is 5.02 Å². The Bertz CT molecular complexity index is 938. The number of aryl methyl sites for hydroxylation is 1. The quantitative estimate of drug-likeness (QED) is 0.257. The van der Waals surface area contributed by atoms with Gasteiger partial charge in [0.25, 0.3) is 0 Å². The van der Waals surface area contributed by atoms with Gasteiger partial charge < -0.3 is 15.6 Å². The third kappa shape index (κ3) is 3.59. The lowest BCUT2D eigenvalue weighted by atomic mass is 9.98. The van der Waals surface area contributed by atoms with Crippen LogP contribution in [0.25, 0.3) is 0 Å². The van der Waals surface area contributed by atoms with E-state index in [1.54, 1.807) is 30.3 Å². The highest BCUT2D eigenvalue weighted by Gasteiger charge is 2.14. The Kier molecular flexibility index (Phi) is 4.91. The maximum Gasteiger partial charge on any atom is 0.139 e. The molecule has 0 aliphatic rings. The van der Waals surface area contributed by atoms with Crippen LogP contribution in [0.3, 0.4) is 0 Å². The molecule has 0 aliphatic carbocycles. The molecule has 0 amide bonds. The summed E-state index contributed by atoms with van der Waals surface area (Å²) < 4.78 is 0. The number of phenols is 1. The SMILES string of the molecule is Cc1ccccc1C(=NO)c1ccc(Nc2ccccc2O)cc1Cl. The standard InChI is InChI=1S/C20H17ClN2O2/c1-13-6-2-3-7-15(13)20(23-25)16-11-10-14(12-17(16)21)22-18-8-4-5-9-19(18)24/h2-12,22,24-25H,1H3. The fraction of sp³-hybridized carbons (Fsp3) is 0.0500. The number of benzene rings is 3. The topological polar surface area (TPSA) is 64.9 Å². The molecule has 0 aromatic heterocycles. The van der Waals surface area contributed by atoms with Crippen molar-refractivity contribution in [2.75, 3.05) is 5.32 Å². The monoisotopic (exact) mass is 352 g/mol. The Hall–Kier alpha value is -2.98. The zero-order valence-corrected chi connectivity index (χ0v) is 14.3. The van der Waals surface area contributed by atoms with Gasteiger partial charge in [-0.1, -0.05) is 53.2 Å². The predicted molar refractivity (Wildman–Crippen MR) is 101 cm³/mol. The molecule has 4 nitrogen and oxygen atoms in total. The Labute approximate surface area is 151 Å².